The number of aromatic amines is 3. The zero-order valence-electron chi connectivity index (χ0n) is 17.2. The number of benzene rings is 2. The highest BCUT2D eigenvalue weighted by Crippen LogP contribution is 2.39. The van der Waals surface area contributed by atoms with Gasteiger partial charge in [-0.15, -0.1) is 0 Å². The normalized spacial score (nSPS) is 12.2. The minimum absolute atomic E-state index is 0.00553. The van der Waals surface area contributed by atoms with Crippen LogP contribution in [0.15, 0.2) is 58.4 Å². The highest BCUT2D eigenvalue weighted by molar-refractivity contribution is 7.89. The molecule has 0 fully saturated rings. The number of nitrogens with two attached hydrogens (primary N) is 1. The summed E-state index contributed by atoms with van der Waals surface area (Å²) in [5.74, 6) is -0.00553. The summed E-state index contributed by atoms with van der Waals surface area (Å²) in [6.07, 6.45) is 1.70. The van der Waals surface area contributed by atoms with Crippen LogP contribution in [0.5, 0.6) is 0 Å². The molecule has 5 N–H and O–H groups in total. The second-order valence-electron chi connectivity index (χ2n) is 7.50. The number of rotatable bonds is 4. The Balaban J connectivity index is 1.81. The number of nitrogens with zero attached hydrogens (tertiary/aromatic N) is 3. The molecule has 11 heteroatoms. The fourth-order valence-corrected chi connectivity index (χ4v) is 4.69. The van der Waals surface area contributed by atoms with Crippen molar-refractivity contribution in [1.29, 1.82) is 0 Å². The van der Waals surface area contributed by atoms with Crippen molar-refractivity contribution in [2.45, 2.75) is 4.90 Å². The first-order chi connectivity index (χ1) is 15.3. The highest BCUT2D eigenvalue weighted by Gasteiger charge is 2.22. The Bertz CT molecular complexity index is 1640. The number of aromatic nitrogens is 5. The van der Waals surface area contributed by atoms with E-state index in [1.807, 2.05) is 18.2 Å². The molecule has 0 aliphatic carbocycles. The average Bonchev–Trinajstić information content (AvgIpc) is 3.38. The van der Waals surface area contributed by atoms with E-state index in [2.05, 4.69) is 25.1 Å². The summed E-state index contributed by atoms with van der Waals surface area (Å²) in [5.41, 5.74) is 9.14. The molecule has 0 unspecified atom stereocenters. The Morgan fingerprint density at radius 2 is 1.78 bits per heavy atom. The number of sulfonamides is 1. The van der Waals surface area contributed by atoms with Gasteiger partial charge in [-0.25, -0.2) is 12.7 Å². The number of anilines is 1. The molecule has 32 heavy (non-hydrogen) atoms. The lowest BCUT2D eigenvalue weighted by molar-refractivity contribution is 0.521. The van der Waals surface area contributed by atoms with E-state index in [0.29, 0.717) is 27.9 Å². The van der Waals surface area contributed by atoms with E-state index < -0.39 is 10.0 Å². The van der Waals surface area contributed by atoms with Crippen molar-refractivity contribution >= 4 is 37.9 Å². The maximum Gasteiger partial charge on any atom is 0.262 e. The molecule has 0 spiro atoms. The molecular formula is C21H19N7O3S. The van der Waals surface area contributed by atoms with Crippen molar-refractivity contribution < 1.29 is 8.42 Å². The van der Waals surface area contributed by atoms with Crippen LogP contribution < -0.4 is 11.3 Å². The lowest BCUT2D eigenvalue weighted by Gasteiger charge is -2.12. The van der Waals surface area contributed by atoms with Crippen LogP contribution in [0.25, 0.3) is 44.3 Å². The quantitative estimate of drug-likeness (QED) is 0.330. The van der Waals surface area contributed by atoms with Gasteiger partial charge in [0.05, 0.1) is 27.7 Å². The zero-order valence-corrected chi connectivity index (χ0v) is 18.0. The summed E-state index contributed by atoms with van der Waals surface area (Å²) in [6.45, 7) is 0. The number of hydrogen-bond acceptors (Lipinski definition) is 6. The van der Waals surface area contributed by atoms with Gasteiger partial charge in [0.1, 0.15) is 5.65 Å². The first-order valence-electron chi connectivity index (χ1n) is 9.64. The summed E-state index contributed by atoms with van der Waals surface area (Å²) in [6, 6.07) is 12.1. The minimum Gasteiger partial charge on any atom is -0.369 e. The third kappa shape index (κ3) is 2.98. The summed E-state index contributed by atoms with van der Waals surface area (Å²) < 4.78 is 26.0. The van der Waals surface area contributed by atoms with Gasteiger partial charge in [-0.3, -0.25) is 14.9 Å². The second kappa shape index (κ2) is 7.04. The molecule has 0 amide bonds. The van der Waals surface area contributed by atoms with Gasteiger partial charge >= 0.3 is 0 Å². The molecule has 0 aliphatic rings. The van der Waals surface area contributed by atoms with E-state index in [1.54, 1.807) is 18.3 Å². The van der Waals surface area contributed by atoms with E-state index in [4.69, 9.17) is 5.73 Å². The maximum atomic E-state index is 12.9. The molecular weight excluding hydrogens is 430 g/mol. The molecule has 0 atom stereocenters. The predicted octanol–water partition coefficient (Wildman–Crippen LogP) is 2.29. The van der Waals surface area contributed by atoms with Gasteiger partial charge in [-0.1, -0.05) is 30.3 Å². The maximum absolute atomic E-state index is 12.9. The molecule has 10 nitrogen and oxygen atoms in total. The second-order valence-corrected chi connectivity index (χ2v) is 9.65. The molecule has 5 rings (SSSR count). The van der Waals surface area contributed by atoms with Gasteiger partial charge in [0.25, 0.3) is 5.56 Å². The monoisotopic (exact) mass is 449 g/mol. The van der Waals surface area contributed by atoms with Gasteiger partial charge < -0.3 is 10.7 Å². The van der Waals surface area contributed by atoms with E-state index in [0.717, 1.165) is 20.8 Å². The summed E-state index contributed by atoms with van der Waals surface area (Å²) in [5, 5.41) is 8.34. The number of para-hydroxylation sites is 1. The van der Waals surface area contributed by atoms with Gasteiger partial charge in [0, 0.05) is 30.6 Å². The lowest BCUT2D eigenvalue weighted by atomic mass is 9.97. The first-order valence-corrected chi connectivity index (χ1v) is 11.1. The molecule has 0 saturated heterocycles. The van der Waals surface area contributed by atoms with Crippen LogP contribution in [0.4, 0.5) is 5.95 Å². The molecule has 0 radical (unpaired) electrons. The Morgan fingerprint density at radius 3 is 2.50 bits per heavy atom. The molecule has 0 aliphatic heterocycles. The Morgan fingerprint density at radius 1 is 1.03 bits per heavy atom. The zero-order chi connectivity index (χ0) is 22.6. The Kier molecular flexibility index (Phi) is 4.39. The van der Waals surface area contributed by atoms with Crippen LogP contribution in [0.3, 0.4) is 0 Å². The predicted molar refractivity (Wildman–Crippen MR) is 123 cm³/mol. The van der Waals surface area contributed by atoms with Crippen molar-refractivity contribution in [2.24, 2.45) is 0 Å². The van der Waals surface area contributed by atoms with E-state index in [1.165, 1.54) is 26.2 Å². The summed E-state index contributed by atoms with van der Waals surface area (Å²) in [7, 11) is -0.613. The van der Waals surface area contributed by atoms with E-state index in [-0.39, 0.29) is 16.4 Å². The van der Waals surface area contributed by atoms with Crippen LogP contribution in [-0.4, -0.2) is 52.0 Å². The smallest absolute Gasteiger partial charge is 0.262 e. The number of fused-ring (bicyclic) bond motifs is 2. The van der Waals surface area contributed by atoms with Crippen LogP contribution in [0, 0.1) is 0 Å². The van der Waals surface area contributed by atoms with Crippen molar-refractivity contribution in [2.75, 3.05) is 19.8 Å². The summed E-state index contributed by atoms with van der Waals surface area (Å²) >= 11 is 0. The van der Waals surface area contributed by atoms with Crippen LogP contribution in [-0.2, 0) is 10.0 Å². The van der Waals surface area contributed by atoms with Gasteiger partial charge in [-0.2, -0.15) is 10.1 Å². The number of hydrogen-bond donors (Lipinski definition) is 4. The molecule has 0 bridgehead atoms. The topological polar surface area (TPSA) is 154 Å². The molecule has 3 heterocycles. The van der Waals surface area contributed by atoms with Crippen molar-refractivity contribution in [1.82, 2.24) is 29.5 Å². The molecule has 162 valence electrons. The molecule has 2 aromatic carbocycles. The van der Waals surface area contributed by atoms with Crippen molar-refractivity contribution in [3.05, 3.63) is 59.0 Å². The fourth-order valence-electron chi connectivity index (χ4n) is 3.79. The highest BCUT2D eigenvalue weighted by atomic mass is 32.2. The van der Waals surface area contributed by atoms with Crippen molar-refractivity contribution in [3.63, 3.8) is 0 Å². The van der Waals surface area contributed by atoms with E-state index >= 15 is 0 Å². The lowest BCUT2D eigenvalue weighted by Crippen LogP contribution is -2.22. The average molecular weight is 449 g/mol. The van der Waals surface area contributed by atoms with Gasteiger partial charge in [-0.05, 0) is 17.7 Å². The Labute approximate surface area is 182 Å². The third-order valence-corrected chi connectivity index (χ3v) is 7.18. The summed E-state index contributed by atoms with van der Waals surface area (Å²) in [4.78, 5) is 23.0. The van der Waals surface area contributed by atoms with Crippen LogP contribution in [0.1, 0.15) is 0 Å². The number of H-pyrrole nitrogens is 3. The largest absolute Gasteiger partial charge is 0.369 e. The number of nitrogens with one attached hydrogen (secondary N) is 3. The van der Waals surface area contributed by atoms with Crippen LogP contribution in [0.2, 0.25) is 0 Å². The van der Waals surface area contributed by atoms with Gasteiger partial charge in [0.2, 0.25) is 16.0 Å². The van der Waals surface area contributed by atoms with Crippen LogP contribution >= 0.6 is 0 Å². The van der Waals surface area contributed by atoms with Crippen molar-refractivity contribution in [3.8, 4) is 22.4 Å². The Hall–Kier alpha value is -3.96. The first kappa shape index (κ1) is 20.0. The third-order valence-electron chi connectivity index (χ3n) is 5.35. The standard InChI is InChI=1S/C21H19N7O3S/c1-28(2)32(30,31)13-8-6-11(7-9-13)18-15(14-5-3-4-12-10-23-27-17(12)14)16-19(24-18)25-21(22)26-20(16)29/h3-10H,1-2H3,(H,23,27)(H4,22,24,25,26,29). The fraction of sp³-hybridized carbons (Fsp3) is 0.0952. The van der Waals surface area contributed by atoms with Gasteiger partial charge in [0.15, 0.2) is 0 Å². The minimum atomic E-state index is -3.57. The molecule has 3 aromatic heterocycles. The SMILES string of the molecule is CN(C)S(=O)(=O)c1ccc(-c2[nH]c3nc(N)[nH]c(=O)c3c2-c2cccc3cn[nH]c23)cc1. The molecule has 0 saturated carbocycles. The van der Waals surface area contributed by atoms with E-state index in [9.17, 15) is 13.2 Å². The number of nitrogen functional groups attached to an aromatic ring is 1. The molecule has 5 aromatic rings.